The van der Waals surface area contributed by atoms with Gasteiger partial charge in [0.25, 0.3) is 0 Å². The van der Waals surface area contributed by atoms with E-state index in [9.17, 15) is 23.1 Å². The summed E-state index contributed by atoms with van der Waals surface area (Å²) in [6.45, 7) is 0. The predicted octanol–water partition coefficient (Wildman–Crippen LogP) is 2.81. The van der Waals surface area contributed by atoms with Gasteiger partial charge in [-0.25, -0.2) is 0 Å². The first-order valence-corrected chi connectivity index (χ1v) is 5.93. The van der Waals surface area contributed by atoms with Crippen LogP contribution in [0.1, 0.15) is 35.2 Å². The molecular weight excluding hydrogens is 261 g/mol. The van der Waals surface area contributed by atoms with E-state index in [4.69, 9.17) is 4.74 Å². The van der Waals surface area contributed by atoms with Crippen LogP contribution in [-0.4, -0.2) is 23.6 Å². The zero-order valence-corrected chi connectivity index (χ0v) is 9.98. The predicted molar refractivity (Wildman–Crippen MR) is 61.1 cm³/mol. The molecule has 2 atom stereocenters. The quantitative estimate of drug-likeness (QED) is 0.862. The lowest BCUT2D eigenvalue weighted by atomic mass is 10.1. The number of aldehydes is 1. The average Bonchev–Trinajstić information content (AvgIpc) is 2.74. The zero-order chi connectivity index (χ0) is 14.0. The molecule has 1 saturated carbocycles. The minimum Gasteiger partial charge on any atom is -0.487 e. The van der Waals surface area contributed by atoms with Gasteiger partial charge in [0.05, 0.1) is 11.7 Å². The molecule has 0 heterocycles. The highest BCUT2D eigenvalue weighted by Crippen LogP contribution is 2.38. The second-order valence-corrected chi connectivity index (χ2v) is 4.53. The molecule has 0 bridgehead atoms. The summed E-state index contributed by atoms with van der Waals surface area (Å²) in [4.78, 5) is 10.5. The number of ether oxygens (including phenoxy) is 1. The number of halogens is 3. The topological polar surface area (TPSA) is 46.5 Å². The van der Waals surface area contributed by atoms with Crippen molar-refractivity contribution >= 4 is 6.29 Å². The second-order valence-electron chi connectivity index (χ2n) is 4.53. The Kier molecular flexibility index (Phi) is 3.80. The van der Waals surface area contributed by atoms with Crippen LogP contribution in [0.2, 0.25) is 0 Å². The maximum atomic E-state index is 12.9. The molecule has 1 aliphatic carbocycles. The van der Waals surface area contributed by atoms with Crippen molar-refractivity contribution in [1.29, 1.82) is 0 Å². The van der Waals surface area contributed by atoms with Gasteiger partial charge < -0.3 is 9.84 Å². The summed E-state index contributed by atoms with van der Waals surface area (Å²) in [5.74, 6) is -0.343. The Hall–Kier alpha value is -1.56. The van der Waals surface area contributed by atoms with Crippen LogP contribution in [-0.2, 0) is 6.18 Å². The van der Waals surface area contributed by atoms with E-state index in [-0.39, 0.29) is 11.3 Å². The van der Waals surface area contributed by atoms with E-state index in [0.29, 0.717) is 19.1 Å². The first-order chi connectivity index (χ1) is 8.91. The van der Waals surface area contributed by atoms with Crippen LogP contribution in [0, 0.1) is 0 Å². The number of carbonyl (C=O) groups is 1. The average molecular weight is 274 g/mol. The van der Waals surface area contributed by atoms with Gasteiger partial charge in [-0.2, -0.15) is 13.2 Å². The minimum absolute atomic E-state index is 0.0633. The molecule has 1 aliphatic rings. The largest absolute Gasteiger partial charge is 0.487 e. The molecule has 1 N–H and O–H groups in total. The van der Waals surface area contributed by atoms with E-state index in [2.05, 4.69) is 0 Å². The molecular formula is C13H13F3O3. The summed E-state index contributed by atoms with van der Waals surface area (Å²) in [7, 11) is 0. The number of hydrogen-bond donors (Lipinski definition) is 1. The normalized spacial score (nSPS) is 23.4. The van der Waals surface area contributed by atoms with Gasteiger partial charge in [0.15, 0.2) is 0 Å². The van der Waals surface area contributed by atoms with Gasteiger partial charge in [0.2, 0.25) is 0 Å². The maximum Gasteiger partial charge on any atom is 0.419 e. The molecule has 0 aliphatic heterocycles. The van der Waals surface area contributed by atoms with Crippen LogP contribution in [0.15, 0.2) is 18.2 Å². The van der Waals surface area contributed by atoms with Crippen molar-refractivity contribution in [3.8, 4) is 5.75 Å². The fourth-order valence-corrected chi connectivity index (χ4v) is 2.15. The fourth-order valence-electron chi connectivity index (χ4n) is 2.15. The molecule has 1 aromatic carbocycles. The highest BCUT2D eigenvalue weighted by Gasteiger charge is 2.36. The summed E-state index contributed by atoms with van der Waals surface area (Å²) >= 11 is 0. The molecule has 3 nitrogen and oxygen atoms in total. The van der Waals surface area contributed by atoms with Crippen molar-refractivity contribution < 1.29 is 27.8 Å². The van der Waals surface area contributed by atoms with Gasteiger partial charge in [0.1, 0.15) is 18.1 Å². The standard InChI is InChI=1S/C13H13F3O3/c14-13(15,16)9-6-8(7-17)4-5-11(9)19-12-3-1-2-10(12)18/h4-7,10,12,18H,1-3H2. The lowest BCUT2D eigenvalue weighted by Gasteiger charge is -2.20. The fraction of sp³-hybridized carbons (Fsp3) is 0.462. The third kappa shape index (κ3) is 3.07. The van der Waals surface area contributed by atoms with Crippen molar-refractivity contribution in [1.82, 2.24) is 0 Å². The minimum atomic E-state index is -4.60. The number of rotatable bonds is 3. The molecule has 0 saturated heterocycles. The Morgan fingerprint density at radius 2 is 2.05 bits per heavy atom. The Balaban J connectivity index is 2.31. The van der Waals surface area contributed by atoms with Gasteiger partial charge >= 0.3 is 6.18 Å². The molecule has 0 spiro atoms. The Morgan fingerprint density at radius 1 is 1.32 bits per heavy atom. The van der Waals surface area contributed by atoms with E-state index in [1.165, 1.54) is 6.07 Å². The van der Waals surface area contributed by atoms with E-state index in [1.807, 2.05) is 0 Å². The third-order valence-electron chi connectivity index (χ3n) is 3.14. The molecule has 1 aromatic rings. The van der Waals surface area contributed by atoms with Crippen LogP contribution in [0.25, 0.3) is 0 Å². The molecule has 2 rings (SSSR count). The molecule has 104 valence electrons. The van der Waals surface area contributed by atoms with Crippen LogP contribution in [0.5, 0.6) is 5.75 Å². The van der Waals surface area contributed by atoms with Crippen molar-refractivity contribution in [2.75, 3.05) is 0 Å². The van der Waals surface area contributed by atoms with Crippen molar-refractivity contribution in [3.63, 3.8) is 0 Å². The maximum absolute atomic E-state index is 12.9. The SMILES string of the molecule is O=Cc1ccc(OC2CCCC2O)c(C(F)(F)F)c1. The number of carbonyl (C=O) groups excluding carboxylic acids is 1. The van der Waals surface area contributed by atoms with Crippen molar-refractivity contribution in [3.05, 3.63) is 29.3 Å². The summed E-state index contributed by atoms with van der Waals surface area (Å²) in [6.07, 6.45) is -3.84. The summed E-state index contributed by atoms with van der Waals surface area (Å²) in [5, 5.41) is 9.58. The first-order valence-electron chi connectivity index (χ1n) is 5.93. The van der Waals surface area contributed by atoms with Crippen LogP contribution < -0.4 is 4.74 Å². The lowest BCUT2D eigenvalue weighted by molar-refractivity contribution is -0.139. The van der Waals surface area contributed by atoms with Crippen molar-refractivity contribution in [2.24, 2.45) is 0 Å². The molecule has 0 radical (unpaired) electrons. The number of hydrogen-bond acceptors (Lipinski definition) is 3. The van der Waals surface area contributed by atoms with Gasteiger partial charge in [0, 0.05) is 5.56 Å². The number of aliphatic hydroxyl groups is 1. The first kappa shape index (κ1) is 13.9. The molecule has 19 heavy (non-hydrogen) atoms. The van der Waals surface area contributed by atoms with Crippen molar-refractivity contribution in [2.45, 2.75) is 37.6 Å². The molecule has 2 unspecified atom stereocenters. The Bertz CT molecular complexity index is 471. The zero-order valence-electron chi connectivity index (χ0n) is 9.98. The van der Waals surface area contributed by atoms with Gasteiger partial charge in [-0.05, 0) is 37.5 Å². The van der Waals surface area contributed by atoms with E-state index in [0.717, 1.165) is 18.6 Å². The third-order valence-corrected chi connectivity index (χ3v) is 3.14. The van der Waals surface area contributed by atoms with E-state index in [1.54, 1.807) is 0 Å². The van der Waals surface area contributed by atoms with Gasteiger partial charge in [-0.1, -0.05) is 0 Å². The van der Waals surface area contributed by atoms with Crippen LogP contribution in [0.4, 0.5) is 13.2 Å². The summed E-state index contributed by atoms with van der Waals surface area (Å²) in [5.41, 5.74) is -1.05. The van der Waals surface area contributed by atoms with Crippen LogP contribution in [0.3, 0.4) is 0 Å². The number of alkyl halides is 3. The Labute approximate surface area is 108 Å². The number of benzene rings is 1. The Morgan fingerprint density at radius 3 is 2.58 bits per heavy atom. The molecule has 1 fully saturated rings. The monoisotopic (exact) mass is 274 g/mol. The summed E-state index contributed by atoms with van der Waals surface area (Å²) in [6, 6.07) is 3.14. The highest BCUT2D eigenvalue weighted by atomic mass is 19.4. The van der Waals surface area contributed by atoms with Gasteiger partial charge in [-0.3, -0.25) is 4.79 Å². The van der Waals surface area contributed by atoms with Gasteiger partial charge in [-0.15, -0.1) is 0 Å². The summed E-state index contributed by atoms with van der Waals surface area (Å²) < 4.78 is 43.9. The van der Waals surface area contributed by atoms with E-state index < -0.39 is 23.9 Å². The molecule has 6 heteroatoms. The highest BCUT2D eigenvalue weighted by molar-refractivity contribution is 5.75. The number of aliphatic hydroxyl groups excluding tert-OH is 1. The smallest absolute Gasteiger partial charge is 0.419 e. The van der Waals surface area contributed by atoms with E-state index >= 15 is 0 Å². The molecule has 0 amide bonds. The lowest BCUT2D eigenvalue weighted by Crippen LogP contribution is -2.26. The second kappa shape index (κ2) is 5.21. The molecule has 0 aromatic heterocycles. The van der Waals surface area contributed by atoms with Crippen LogP contribution >= 0.6 is 0 Å².